The van der Waals surface area contributed by atoms with Crippen LogP contribution in [0.1, 0.15) is 27.7 Å². The van der Waals surface area contributed by atoms with E-state index in [0.717, 1.165) is 0 Å². The SMILES string of the molecule is CC=C=[CH][Sn]([CH]=C=CC)([CH]=C=CC)[CH]=C=CC. The quantitative estimate of drug-likeness (QED) is 0.525. The van der Waals surface area contributed by atoms with Crippen molar-refractivity contribution in [1.82, 2.24) is 0 Å². The molecule has 0 rings (SSSR count). The first-order valence-corrected chi connectivity index (χ1v) is 12.4. The number of hydrogen-bond acceptors (Lipinski definition) is 0. The van der Waals surface area contributed by atoms with Gasteiger partial charge in [-0.3, -0.25) is 0 Å². The average molecular weight is 331 g/mol. The molecule has 0 nitrogen and oxygen atoms in total. The Balaban J connectivity index is 5.85. The van der Waals surface area contributed by atoms with Gasteiger partial charge in [-0.05, 0) is 0 Å². The second-order valence-corrected chi connectivity index (χ2v) is 12.4. The summed E-state index contributed by atoms with van der Waals surface area (Å²) in [6.45, 7) is 7.91. The molecule has 0 bridgehead atoms. The molecule has 0 aromatic carbocycles. The van der Waals surface area contributed by atoms with E-state index in [2.05, 4.69) is 39.3 Å². The van der Waals surface area contributed by atoms with E-state index in [1.54, 1.807) is 0 Å². The van der Waals surface area contributed by atoms with E-state index in [4.69, 9.17) is 0 Å². The van der Waals surface area contributed by atoms with E-state index >= 15 is 0 Å². The first-order chi connectivity index (χ1) is 8.24. The molecule has 0 unspecified atom stereocenters. The van der Waals surface area contributed by atoms with Gasteiger partial charge in [0.05, 0.1) is 0 Å². The predicted octanol–water partition coefficient (Wildman–Crippen LogP) is 4.52. The molecular weight excluding hydrogens is 311 g/mol. The van der Waals surface area contributed by atoms with Gasteiger partial charge in [-0.2, -0.15) is 0 Å². The molecule has 0 atom stereocenters. The molecule has 17 heavy (non-hydrogen) atoms. The molecule has 0 saturated carbocycles. The molecule has 1 heteroatoms. The molecule has 0 fully saturated rings. The Kier molecular flexibility index (Phi) is 9.40. The molecule has 0 aromatic heterocycles. The molecule has 0 radical (unpaired) electrons. The van der Waals surface area contributed by atoms with E-state index < -0.39 is 18.4 Å². The van der Waals surface area contributed by atoms with Gasteiger partial charge in [-0.25, -0.2) is 0 Å². The third-order valence-corrected chi connectivity index (χ3v) is 9.61. The summed E-state index contributed by atoms with van der Waals surface area (Å²) in [4.78, 5) is 0. The van der Waals surface area contributed by atoms with E-state index in [9.17, 15) is 0 Å². The van der Waals surface area contributed by atoms with Crippen LogP contribution >= 0.6 is 0 Å². The molecule has 0 aromatic rings. The van der Waals surface area contributed by atoms with E-state index in [0.29, 0.717) is 0 Å². The average Bonchev–Trinajstić information content (AvgIpc) is 2.37. The summed E-state index contributed by atoms with van der Waals surface area (Å²) in [6, 6.07) is 0. The second-order valence-electron chi connectivity index (χ2n) is 3.40. The van der Waals surface area contributed by atoms with Gasteiger partial charge in [0.1, 0.15) is 0 Å². The van der Waals surface area contributed by atoms with E-state index in [-0.39, 0.29) is 0 Å². The van der Waals surface area contributed by atoms with Crippen LogP contribution in [-0.4, -0.2) is 18.4 Å². The Bertz CT molecular complexity index is 370. The maximum absolute atomic E-state index is 3.20. The zero-order chi connectivity index (χ0) is 13.0. The summed E-state index contributed by atoms with van der Waals surface area (Å²) in [5.41, 5.74) is 12.8. The second kappa shape index (κ2) is 10.1. The predicted molar refractivity (Wildman–Crippen MR) is 79.1 cm³/mol. The van der Waals surface area contributed by atoms with Crippen LogP contribution in [0.4, 0.5) is 0 Å². The maximum atomic E-state index is 3.20. The van der Waals surface area contributed by atoms with Crippen LogP contribution in [0.2, 0.25) is 0 Å². The topological polar surface area (TPSA) is 0 Å². The normalized spacial score (nSPS) is 11.1. The van der Waals surface area contributed by atoms with Gasteiger partial charge in [0.25, 0.3) is 0 Å². The van der Waals surface area contributed by atoms with E-state index in [1.807, 2.05) is 52.0 Å². The van der Waals surface area contributed by atoms with E-state index in [1.165, 1.54) is 0 Å². The van der Waals surface area contributed by atoms with Crippen molar-refractivity contribution in [2.75, 3.05) is 0 Å². The van der Waals surface area contributed by atoms with Crippen LogP contribution in [0, 0.1) is 0 Å². The van der Waals surface area contributed by atoms with Crippen LogP contribution in [-0.2, 0) is 0 Å². The molecular formula is C16H20Sn. The van der Waals surface area contributed by atoms with Gasteiger partial charge in [-0.1, -0.05) is 0 Å². The summed E-state index contributed by atoms with van der Waals surface area (Å²) in [6.07, 6.45) is 7.73. The molecule has 0 aliphatic rings. The summed E-state index contributed by atoms with van der Waals surface area (Å²) < 4.78 is 8.72. The molecule has 0 heterocycles. The van der Waals surface area contributed by atoms with Gasteiger partial charge in [0.15, 0.2) is 0 Å². The van der Waals surface area contributed by atoms with Crippen molar-refractivity contribution >= 4 is 18.4 Å². The summed E-state index contributed by atoms with van der Waals surface area (Å²) in [7, 11) is 0. The zero-order valence-electron chi connectivity index (χ0n) is 11.1. The monoisotopic (exact) mass is 332 g/mol. The van der Waals surface area contributed by atoms with Crippen LogP contribution in [0.15, 0.2) is 63.6 Å². The molecule has 0 saturated heterocycles. The Labute approximate surface area is 109 Å². The van der Waals surface area contributed by atoms with Crippen molar-refractivity contribution in [3.05, 3.63) is 63.6 Å². The van der Waals surface area contributed by atoms with Gasteiger partial charge in [0.2, 0.25) is 0 Å². The molecule has 0 N–H and O–H groups in total. The Morgan fingerprint density at radius 1 is 0.529 bits per heavy atom. The number of allylic oxidation sites excluding steroid dienone is 4. The Morgan fingerprint density at radius 3 is 0.941 bits per heavy atom. The van der Waals surface area contributed by atoms with Gasteiger partial charge in [0, 0.05) is 0 Å². The number of hydrogen-bond donors (Lipinski definition) is 0. The van der Waals surface area contributed by atoms with Crippen molar-refractivity contribution in [2.24, 2.45) is 0 Å². The first kappa shape index (κ1) is 15.9. The third-order valence-electron chi connectivity index (χ3n) is 2.00. The van der Waals surface area contributed by atoms with Crippen molar-refractivity contribution in [1.29, 1.82) is 0 Å². The van der Waals surface area contributed by atoms with Crippen LogP contribution in [0.25, 0.3) is 0 Å². The summed E-state index contributed by atoms with van der Waals surface area (Å²) >= 11 is -2.76. The number of rotatable bonds is 4. The van der Waals surface area contributed by atoms with Crippen molar-refractivity contribution in [3.63, 3.8) is 0 Å². The Hall–Kier alpha value is -1.12. The van der Waals surface area contributed by atoms with Crippen LogP contribution < -0.4 is 0 Å². The van der Waals surface area contributed by atoms with Crippen molar-refractivity contribution < 1.29 is 0 Å². The van der Waals surface area contributed by atoms with Gasteiger partial charge >= 0.3 is 110 Å². The summed E-state index contributed by atoms with van der Waals surface area (Å²) in [5, 5.41) is 0. The molecule has 0 aliphatic carbocycles. The van der Waals surface area contributed by atoms with Crippen LogP contribution in [0.5, 0.6) is 0 Å². The van der Waals surface area contributed by atoms with Gasteiger partial charge < -0.3 is 0 Å². The molecule has 0 aliphatic heterocycles. The standard InChI is InChI=1S/4C4H5.Sn/c4*1-3-4-2;/h4*1,4H,2H3;. The zero-order valence-corrected chi connectivity index (χ0v) is 14.0. The molecule has 0 amide bonds. The van der Waals surface area contributed by atoms with Crippen LogP contribution in [0.3, 0.4) is 0 Å². The fourth-order valence-electron chi connectivity index (χ4n) is 1.16. The molecule has 0 spiro atoms. The van der Waals surface area contributed by atoms with Crippen molar-refractivity contribution in [3.8, 4) is 0 Å². The summed E-state index contributed by atoms with van der Waals surface area (Å²) in [5.74, 6) is 0. The minimum atomic E-state index is -2.76. The third kappa shape index (κ3) is 6.92. The fourth-order valence-corrected chi connectivity index (χ4v) is 7.79. The van der Waals surface area contributed by atoms with Gasteiger partial charge in [-0.15, -0.1) is 0 Å². The minimum absolute atomic E-state index is 1.93. The molecule has 88 valence electrons. The fraction of sp³-hybridized carbons (Fsp3) is 0.250. The first-order valence-electron chi connectivity index (χ1n) is 5.77. The van der Waals surface area contributed by atoms with Crippen molar-refractivity contribution in [2.45, 2.75) is 27.7 Å². The Morgan fingerprint density at radius 2 is 0.765 bits per heavy atom.